The van der Waals surface area contributed by atoms with Crippen LogP contribution in [0.2, 0.25) is 0 Å². The van der Waals surface area contributed by atoms with Crippen LogP contribution < -0.4 is 10.9 Å². The Balaban J connectivity index is 2.31. The van der Waals surface area contributed by atoms with Gasteiger partial charge in [0.2, 0.25) is 5.56 Å². The van der Waals surface area contributed by atoms with E-state index in [9.17, 15) is 4.79 Å². The Labute approximate surface area is 93.4 Å². The van der Waals surface area contributed by atoms with Crippen LogP contribution in [0.25, 0.3) is 11.3 Å². The lowest BCUT2D eigenvalue weighted by molar-refractivity contribution is 1.15. The normalized spacial score (nSPS) is 10.1. The Bertz CT molecular complexity index is 516. The predicted molar refractivity (Wildman–Crippen MR) is 64.5 cm³/mol. The minimum Gasteiger partial charge on any atom is -0.370 e. The van der Waals surface area contributed by atoms with Gasteiger partial charge in [0.15, 0.2) is 0 Å². The molecule has 0 saturated heterocycles. The maximum Gasteiger partial charge on any atom is 0.248 e. The van der Waals surface area contributed by atoms with Crippen LogP contribution in [0.15, 0.2) is 41.3 Å². The highest BCUT2D eigenvalue weighted by molar-refractivity contribution is 5.59. The maximum absolute atomic E-state index is 11.1. The summed E-state index contributed by atoms with van der Waals surface area (Å²) < 4.78 is 0. The number of hydrogen-bond donors (Lipinski definition) is 2. The van der Waals surface area contributed by atoms with E-state index in [-0.39, 0.29) is 5.56 Å². The monoisotopic (exact) mass is 215 g/mol. The number of anilines is 1. The van der Waals surface area contributed by atoms with E-state index in [1.54, 1.807) is 12.3 Å². The van der Waals surface area contributed by atoms with E-state index >= 15 is 0 Å². The van der Waals surface area contributed by atoms with Crippen molar-refractivity contribution in [3.05, 3.63) is 46.9 Å². The molecule has 2 N–H and O–H groups in total. The van der Waals surface area contributed by atoms with Crippen LogP contribution in [0.1, 0.15) is 6.92 Å². The molecule has 82 valence electrons. The molecule has 0 amide bonds. The lowest BCUT2D eigenvalue weighted by Crippen LogP contribution is -2.04. The van der Waals surface area contributed by atoms with E-state index < -0.39 is 0 Å². The molecular weight excluding hydrogens is 202 g/mol. The maximum atomic E-state index is 11.1. The molecular formula is C12H13N3O. The molecule has 4 nitrogen and oxygen atoms in total. The first-order chi connectivity index (χ1) is 7.79. The molecule has 16 heavy (non-hydrogen) atoms. The van der Waals surface area contributed by atoms with E-state index in [1.807, 2.05) is 25.1 Å². The third-order valence-electron chi connectivity index (χ3n) is 2.20. The quantitative estimate of drug-likeness (QED) is 0.821. The van der Waals surface area contributed by atoms with Gasteiger partial charge in [-0.05, 0) is 25.1 Å². The van der Waals surface area contributed by atoms with E-state index in [1.165, 1.54) is 6.07 Å². The Kier molecular flexibility index (Phi) is 3.00. The van der Waals surface area contributed by atoms with Gasteiger partial charge in [0.05, 0.1) is 0 Å². The standard InChI is InChI=1S/C12H13N3O/c1-2-13-11-7-6-9(8-14-11)10-4-3-5-12(16)15-10/h3-8H,2H2,1H3,(H,13,14)(H,15,16). The van der Waals surface area contributed by atoms with Crippen LogP contribution >= 0.6 is 0 Å². The number of aromatic amines is 1. The third-order valence-corrected chi connectivity index (χ3v) is 2.20. The first-order valence-corrected chi connectivity index (χ1v) is 5.19. The summed E-state index contributed by atoms with van der Waals surface area (Å²) in [5, 5.41) is 3.11. The molecule has 0 spiro atoms. The fourth-order valence-electron chi connectivity index (χ4n) is 1.46. The van der Waals surface area contributed by atoms with Crippen molar-refractivity contribution in [3.8, 4) is 11.3 Å². The molecule has 0 radical (unpaired) electrons. The Morgan fingerprint density at radius 1 is 1.31 bits per heavy atom. The summed E-state index contributed by atoms with van der Waals surface area (Å²) in [6.07, 6.45) is 1.74. The minimum absolute atomic E-state index is 0.103. The van der Waals surface area contributed by atoms with Gasteiger partial charge in [0.25, 0.3) is 0 Å². The fraction of sp³-hybridized carbons (Fsp3) is 0.167. The molecule has 0 unspecified atom stereocenters. The molecule has 0 atom stereocenters. The van der Waals surface area contributed by atoms with Crippen LogP contribution in [0.4, 0.5) is 5.82 Å². The van der Waals surface area contributed by atoms with E-state index in [2.05, 4.69) is 15.3 Å². The average molecular weight is 215 g/mol. The molecule has 0 bridgehead atoms. The van der Waals surface area contributed by atoms with Gasteiger partial charge in [-0.3, -0.25) is 4.79 Å². The van der Waals surface area contributed by atoms with Crippen molar-refractivity contribution in [1.29, 1.82) is 0 Å². The van der Waals surface area contributed by atoms with Crippen molar-refractivity contribution in [3.63, 3.8) is 0 Å². The van der Waals surface area contributed by atoms with E-state index in [0.717, 1.165) is 23.6 Å². The summed E-state index contributed by atoms with van der Waals surface area (Å²) in [5.74, 6) is 0.838. The van der Waals surface area contributed by atoms with Crippen LogP contribution in [0.5, 0.6) is 0 Å². The molecule has 2 rings (SSSR count). The molecule has 2 aromatic rings. The largest absolute Gasteiger partial charge is 0.370 e. The second-order valence-electron chi connectivity index (χ2n) is 3.39. The summed E-state index contributed by atoms with van der Waals surface area (Å²) in [7, 11) is 0. The van der Waals surface area contributed by atoms with Gasteiger partial charge in [0, 0.05) is 30.1 Å². The highest BCUT2D eigenvalue weighted by Crippen LogP contribution is 2.15. The van der Waals surface area contributed by atoms with Crippen molar-refractivity contribution in [1.82, 2.24) is 9.97 Å². The van der Waals surface area contributed by atoms with Crippen molar-refractivity contribution in [2.75, 3.05) is 11.9 Å². The summed E-state index contributed by atoms with van der Waals surface area (Å²) >= 11 is 0. The van der Waals surface area contributed by atoms with Gasteiger partial charge in [-0.25, -0.2) is 4.98 Å². The highest BCUT2D eigenvalue weighted by atomic mass is 16.1. The number of H-pyrrole nitrogens is 1. The zero-order chi connectivity index (χ0) is 11.4. The fourth-order valence-corrected chi connectivity index (χ4v) is 1.46. The molecule has 2 heterocycles. The molecule has 2 aromatic heterocycles. The zero-order valence-electron chi connectivity index (χ0n) is 9.03. The molecule has 0 aromatic carbocycles. The number of nitrogens with zero attached hydrogens (tertiary/aromatic N) is 1. The van der Waals surface area contributed by atoms with Gasteiger partial charge in [-0.2, -0.15) is 0 Å². The van der Waals surface area contributed by atoms with Gasteiger partial charge in [-0.1, -0.05) is 6.07 Å². The highest BCUT2D eigenvalue weighted by Gasteiger charge is 1.98. The lowest BCUT2D eigenvalue weighted by Gasteiger charge is -2.04. The molecule has 4 heteroatoms. The van der Waals surface area contributed by atoms with Crippen LogP contribution in [-0.2, 0) is 0 Å². The summed E-state index contributed by atoms with van der Waals surface area (Å²) in [6.45, 7) is 2.86. The van der Waals surface area contributed by atoms with Crippen molar-refractivity contribution >= 4 is 5.82 Å². The van der Waals surface area contributed by atoms with Gasteiger partial charge in [0.1, 0.15) is 5.82 Å². The Morgan fingerprint density at radius 2 is 2.19 bits per heavy atom. The second kappa shape index (κ2) is 4.61. The third kappa shape index (κ3) is 2.28. The topological polar surface area (TPSA) is 57.8 Å². The lowest BCUT2D eigenvalue weighted by atomic mass is 10.2. The van der Waals surface area contributed by atoms with E-state index in [0.29, 0.717) is 0 Å². The molecule has 0 aliphatic rings. The zero-order valence-corrected chi connectivity index (χ0v) is 9.03. The molecule has 0 aliphatic heterocycles. The SMILES string of the molecule is CCNc1ccc(-c2cccc(=O)[nH]2)cn1. The van der Waals surface area contributed by atoms with Gasteiger partial charge < -0.3 is 10.3 Å². The number of rotatable bonds is 3. The smallest absolute Gasteiger partial charge is 0.248 e. The first kappa shape index (κ1) is 10.4. The Morgan fingerprint density at radius 3 is 2.81 bits per heavy atom. The van der Waals surface area contributed by atoms with Crippen LogP contribution in [0.3, 0.4) is 0 Å². The second-order valence-corrected chi connectivity index (χ2v) is 3.39. The van der Waals surface area contributed by atoms with Crippen molar-refractivity contribution < 1.29 is 0 Å². The van der Waals surface area contributed by atoms with Crippen molar-refractivity contribution in [2.45, 2.75) is 6.92 Å². The van der Waals surface area contributed by atoms with Gasteiger partial charge in [-0.15, -0.1) is 0 Å². The summed E-state index contributed by atoms with van der Waals surface area (Å²) in [4.78, 5) is 18.1. The number of pyridine rings is 2. The van der Waals surface area contributed by atoms with Crippen LogP contribution in [-0.4, -0.2) is 16.5 Å². The first-order valence-electron chi connectivity index (χ1n) is 5.19. The number of nitrogens with one attached hydrogen (secondary N) is 2. The summed E-state index contributed by atoms with van der Waals surface area (Å²) in [6, 6.07) is 8.89. The van der Waals surface area contributed by atoms with Gasteiger partial charge >= 0.3 is 0 Å². The Hall–Kier alpha value is -2.10. The molecule has 0 aliphatic carbocycles. The van der Waals surface area contributed by atoms with Crippen molar-refractivity contribution in [2.24, 2.45) is 0 Å². The number of aromatic nitrogens is 2. The molecule has 0 fully saturated rings. The minimum atomic E-state index is -0.103. The number of hydrogen-bond acceptors (Lipinski definition) is 3. The van der Waals surface area contributed by atoms with Crippen LogP contribution in [0, 0.1) is 0 Å². The predicted octanol–water partition coefficient (Wildman–Crippen LogP) is 1.87. The summed E-state index contributed by atoms with van der Waals surface area (Å²) in [5.41, 5.74) is 1.58. The average Bonchev–Trinajstić information content (AvgIpc) is 2.30. The molecule has 0 saturated carbocycles. The van der Waals surface area contributed by atoms with E-state index in [4.69, 9.17) is 0 Å².